The summed E-state index contributed by atoms with van der Waals surface area (Å²) in [4.78, 5) is 11.0. The van der Waals surface area contributed by atoms with E-state index in [1.165, 1.54) is 83.1 Å². The smallest absolute Gasteiger partial charge is 0.339 e. The third-order valence-corrected chi connectivity index (χ3v) is 5.15. The molecule has 0 atom stereocenters. The van der Waals surface area contributed by atoms with Crippen molar-refractivity contribution >= 4 is 5.97 Å². The summed E-state index contributed by atoms with van der Waals surface area (Å²) in [5, 5.41) is 19.0. The first-order valence-corrected chi connectivity index (χ1v) is 10.7. The Balaban J connectivity index is 1.96. The molecule has 26 heavy (non-hydrogen) atoms. The summed E-state index contributed by atoms with van der Waals surface area (Å²) in [6.45, 7) is 2.26. The molecule has 0 saturated heterocycles. The van der Waals surface area contributed by atoms with Crippen LogP contribution in [-0.2, 0) is 6.42 Å². The van der Waals surface area contributed by atoms with Crippen LogP contribution in [0.5, 0.6) is 5.75 Å². The Kier molecular flexibility index (Phi) is 12.7. The average Bonchev–Trinajstić information content (AvgIpc) is 2.63. The van der Waals surface area contributed by atoms with Crippen molar-refractivity contribution in [2.24, 2.45) is 0 Å². The van der Waals surface area contributed by atoms with E-state index in [1.807, 2.05) is 6.07 Å². The fourth-order valence-electron chi connectivity index (χ4n) is 3.48. The molecule has 148 valence electrons. The minimum Gasteiger partial charge on any atom is -0.507 e. The van der Waals surface area contributed by atoms with Crippen molar-refractivity contribution in [1.29, 1.82) is 0 Å². The first kappa shape index (κ1) is 22.5. The number of aromatic carboxylic acids is 1. The van der Waals surface area contributed by atoms with Gasteiger partial charge in [0.05, 0.1) is 0 Å². The Morgan fingerprint density at radius 1 is 0.769 bits per heavy atom. The Morgan fingerprint density at radius 2 is 1.23 bits per heavy atom. The van der Waals surface area contributed by atoms with Crippen LogP contribution < -0.4 is 0 Å². The van der Waals surface area contributed by atoms with Crippen LogP contribution in [0.2, 0.25) is 0 Å². The highest BCUT2D eigenvalue weighted by Crippen LogP contribution is 2.24. The SMILES string of the molecule is CCCCCCCCCCCCCCCCc1cccc(C(=O)O)c1O. The zero-order valence-corrected chi connectivity index (χ0v) is 16.6. The summed E-state index contributed by atoms with van der Waals surface area (Å²) in [5.41, 5.74) is 0.761. The molecule has 0 fully saturated rings. The molecule has 0 radical (unpaired) electrons. The number of carboxylic acid groups (broad SMARTS) is 1. The molecule has 0 bridgehead atoms. The van der Waals surface area contributed by atoms with E-state index in [4.69, 9.17) is 5.11 Å². The fourth-order valence-corrected chi connectivity index (χ4v) is 3.48. The predicted molar refractivity (Wildman–Crippen MR) is 109 cm³/mol. The number of unbranched alkanes of at least 4 members (excludes halogenated alkanes) is 13. The van der Waals surface area contributed by atoms with E-state index in [0.29, 0.717) is 0 Å². The second-order valence-electron chi connectivity index (χ2n) is 7.46. The minimum atomic E-state index is -1.06. The number of benzene rings is 1. The number of aromatic hydroxyl groups is 1. The molecule has 0 amide bonds. The predicted octanol–water partition coefficient (Wildman–Crippen LogP) is 7.11. The van der Waals surface area contributed by atoms with Gasteiger partial charge in [0.1, 0.15) is 11.3 Å². The lowest BCUT2D eigenvalue weighted by Gasteiger charge is -2.07. The van der Waals surface area contributed by atoms with E-state index in [2.05, 4.69) is 6.92 Å². The zero-order chi connectivity index (χ0) is 19.0. The van der Waals surface area contributed by atoms with Gasteiger partial charge in [-0.25, -0.2) is 4.79 Å². The molecule has 0 aliphatic carbocycles. The maximum absolute atomic E-state index is 11.0. The standard InChI is InChI=1S/C23H38O3/c1-2-3-4-5-6-7-8-9-10-11-12-13-14-15-17-20-18-16-19-21(22(20)24)23(25)26/h16,18-19,24H,2-15,17H2,1H3,(H,25,26). The van der Waals surface area contributed by atoms with Crippen molar-refractivity contribution in [2.45, 2.75) is 103 Å². The molecular formula is C23H38O3. The summed E-state index contributed by atoms with van der Waals surface area (Å²) >= 11 is 0. The number of aryl methyl sites for hydroxylation is 1. The van der Waals surface area contributed by atoms with E-state index in [-0.39, 0.29) is 11.3 Å². The van der Waals surface area contributed by atoms with Crippen molar-refractivity contribution < 1.29 is 15.0 Å². The highest BCUT2D eigenvalue weighted by Gasteiger charge is 2.12. The summed E-state index contributed by atoms with van der Waals surface area (Å²) in [6.07, 6.45) is 19.3. The maximum Gasteiger partial charge on any atom is 0.339 e. The molecule has 0 aliphatic rings. The number of hydrogen-bond donors (Lipinski definition) is 2. The zero-order valence-electron chi connectivity index (χ0n) is 16.6. The highest BCUT2D eigenvalue weighted by atomic mass is 16.4. The molecule has 1 aromatic carbocycles. The minimum absolute atomic E-state index is 0.00728. The van der Waals surface area contributed by atoms with Gasteiger partial charge in [-0.1, -0.05) is 103 Å². The molecule has 0 spiro atoms. The molecule has 1 aromatic rings. The highest BCUT2D eigenvalue weighted by molar-refractivity contribution is 5.91. The number of carboxylic acids is 1. The van der Waals surface area contributed by atoms with E-state index in [0.717, 1.165) is 24.8 Å². The third kappa shape index (κ3) is 9.84. The topological polar surface area (TPSA) is 57.5 Å². The van der Waals surface area contributed by atoms with Crippen LogP contribution in [0, 0.1) is 0 Å². The molecule has 0 saturated carbocycles. The Labute approximate surface area is 159 Å². The number of hydrogen-bond acceptors (Lipinski definition) is 2. The molecule has 1 rings (SSSR count). The molecule has 0 unspecified atom stereocenters. The largest absolute Gasteiger partial charge is 0.507 e. The second kappa shape index (κ2) is 14.6. The number of para-hydroxylation sites is 1. The van der Waals surface area contributed by atoms with E-state index in [9.17, 15) is 9.90 Å². The van der Waals surface area contributed by atoms with Crippen molar-refractivity contribution in [3.8, 4) is 5.75 Å². The van der Waals surface area contributed by atoms with Gasteiger partial charge in [-0.2, -0.15) is 0 Å². The number of rotatable bonds is 16. The molecule has 3 nitrogen and oxygen atoms in total. The Hall–Kier alpha value is -1.51. The first-order chi connectivity index (χ1) is 12.7. The van der Waals surface area contributed by atoms with Gasteiger partial charge in [0.25, 0.3) is 0 Å². The van der Waals surface area contributed by atoms with Gasteiger partial charge in [-0.05, 0) is 24.5 Å². The van der Waals surface area contributed by atoms with Crippen LogP contribution in [0.4, 0.5) is 0 Å². The monoisotopic (exact) mass is 362 g/mol. The second-order valence-corrected chi connectivity index (χ2v) is 7.46. The third-order valence-electron chi connectivity index (χ3n) is 5.15. The average molecular weight is 363 g/mol. The van der Waals surface area contributed by atoms with Crippen molar-refractivity contribution in [3.63, 3.8) is 0 Å². The summed E-state index contributed by atoms with van der Waals surface area (Å²) in [5.74, 6) is -1.12. The molecule has 0 aromatic heterocycles. The molecule has 0 aliphatic heterocycles. The normalized spacial score (nSPS) is 11.0. The van der Waals surface area contributed by atoms with Gasteiger partial charge in [-0.3, -0.25) is 0 Å². The van der Waals surface area contributed by atoms with Gasteiger partial charge in [-0.15, -0.1) is 0 Å². The van der Waals surface area contributed by atoms with Crippen LogP contribution in [0.25, 0.3) is 0 Å². The van der Waals surface area contributed by atoms with Crippen molar-refractivity contribution in [2.75, 3.05) is 0 Å². The Morgan fingerprint density at radius 3 is 1.69 bits per heavy atom. The quantitative estimate of drug-likeness (QED) is 0.308. The summed E-state index contributed by atoms with van der Waals surface area (Å²) in [7, 11) is 0. The number of carbonyl (C=O) groups is 1. The lowest BCUT2D eigenvalue weighted by Crippen LogP contribution is -1.99. The lowest BCUT2D eigenvalue weighted by molar-refractivity contribution is 0.0693. The molecule has 0 heterocycles. The summed E-state index contributed by atoms with van der Waals surface area (Å²) < 4.78 is 0. The van der Waals surface area contributed by atoms with Crippen molar-refractivity contribution in [1.82, 2.24) is 0 Å². The van der Waals surface area contributed by atoms with Gasteiger partial charge in [0.2, 0.25) is 0 Å². The molecular weight excluding hydrogens is 324 g/mol. The fraction of sp³-hybridized carbons (Fsp3) is 0.696. The Bertz CT molecular complexity index is 496. The number of phenols is 1. The van der Waals surface area contributed by atoms with Gasteiger partial charge in [0, 0.05) is 0 Å². The van der Waals surface area contributed by atoms with Gasteiger partial charge < -0.3 is 10.2 Å². The summed E-state index contributed by atoms with van der Waals surface area (Å²) in [6, 6.07) is 4.98. The van der Waals surface area contributed by atoms with Gasteiger partial charge in [0.15, 0.2) is 0 Å². The lowest BCUT2D eigenvalue weighted by atomic mass is 10.0. The van der Waals surface area contributed by atoms with Crippen LogP contribution in [0.1, 0.15) is 113 Å². The van der Waals surface area contributed by atoms with Gasteiger partial charge >= 0.3 is 5.97 Å². The van der Waals surface area contributed by atoms with E-state index in [1.54, 1.807) is 6.07 Å². The first-order valence-electron chi connectivity index (χ1n) is 10.7. The van der Waals surface area contributed by atoms with Crippen molar-refractivity contribution in [3.05, 3.63) is 29.3 Å². The maximum atomic E-state index is 11.0. The van der Waals surface area contributed by atoms with E-state index < -0.39 is 5.97 Å². The van der Waals surface area contributed by atoms with E-state index >= 15 is 0 Å². The van der Waals surface area contributed by atoms with Crippen LogP contribution >= 0.6 is 0 Å². The van der Waals surface area contributed by atoms with Crippen LogP contribution in [-0.4, -0.2) is 16.2 Å². The van der Waals surface area contributed by atoms with Crippen LogP contribution in [0.3, 0.4) is 0 Å². The van der Waals surface area contributed by atoms with Crippen LogP contribution in [0.15, 0.2) is 18.2 Å². The molecule has 3 heteroatoms. The molecule has 2 N–H and O–H groups in total.